The molecule has 3 nitrogen and oxygen atoms in total. The van der Waals surface area contributed by atoms with Crippen LogP contribution in [0.3, 0.4) is 0 Å². The van der Waals surface area contributed by atoms with E-state index in [1.807, 2.05) is 24.3 Å². The highest BCUT2D eigenvalue weighted by atomic mass is 19.1. The van der Waals surface area contributed by atoms with E-state index in [2.05, 4.69) is 10.2 Å². The zero-order valence-electron chi connectivity index (χ0n) is 12.8. The second-order valence-corrected chi connectivity index (χ2v) is 5.82. The van der Waals surface area contributed by atoms with E-state index in [-0.39, 0.29) is 6.10 Å². The molecule has 0 bridgehead atoms. The molecule has 2 N–H and O–H groups in total. The molecule has 0 amide bonds. The molecule has 1 fully saturated rings. The van der Waals surface area contributed by atoms with Crippen LogP contribution in [0.1, 0.15) is 18.4 Å². The highest BCUT2D eigenvalue weighted by Gasteiger charge is 2.19. The smallest absolute Gasteiger partial charge is 0.131 e. The van der Waals surface area contributed by atoms with E-state index in [9.17, 15) is 13.9 Å². The molecule has 0 atom stereocenters. The van der Waals surface area contributed by atoms with Gasteiger partial charge in [0.2, 0.25) is 0 Å². The van der Waals surface area contributed by atoms with Crippen molar-refractivity contribution in [1.29, 1.82) is 0 Å². The maximum atomic E-state index is 13.7. The Labute approximate surface area is 134 Å². The van der Waals surface area contributed by atoms with Crippen molar-refractivity contribution in [1.82, 2.24) is 0 Å². The Morgan fingerprint density at radius 1 is 1.09 bits per heavy atom. The number of hydrogen-bond donors (Lipinski definition) is 2. The molecule has 122 valence electrons. The van der Waals surface area contributed by atoms with Crippen LogP contribution in [0.2, 0.25) is 0 Å². The predicted molar refractivity (Wildman–Crippen MR) is 87.6 cm³/mol. The predicted octanol–water partition coefficient (Wildman–Crippen LogP) is 3.54. The van der Waals surface area contributed by atoms with Crippen LogP contribution in [-0.4, -0.2) is 24.3 Å². The van der Waals surface area contributed by atoms with Crippen molar-refractivity contribution in [3.8, 4) is 0 Å². The number of piperidine rings is 1. The molecule has 1 aliphatic heterocycles. The van der Waals surface area contributed by atoms with E-state index < -0.39 is 11.6 Å². The van der Waals surface area contributed by atoms with Gasteiger partial charge in [0.1, 0.15) is 11.6 Å². The molecule has 5 heteroatoms. The third-order valence-corrected chi connectivity index (χ3v) is 4.19. The fraction of sp³-hybridized carbons (Fsp3) is 0.333. The van der Waals surface area contributed by atoms with Gasteiger partial charge in [-0.3, -0.25) is 0 Å². The third kappa shape index (κ3) is 3.79. The van der Waals surface area contributed by atoms with E-state index in [0.29, 0.717) is 12.1 Å². The number of hydrogen-bond acceptors (Lipinski definition) is 3. The lowest BCUT2D eigenvalue weighted by molar-refractivity contribution is 0.145. The van der Waals surface area contributed by atoms with Gasteiger partial charge in [0.05, 0.1) is 17.5 Å². The minimum atomic E-state index is -0.571. The van der Waals surface area contributed by atoms with E-state index in [1.54, 1.807) is 0 Å². The van der Waals surface area contributed by atoms with Crippen LogP contribution in [-0.2, 0) is 6.54 Å². The van der Waals surface area contributed by atoms with Gasteiger partial charge < -0.3 is 15.3 Å². The van der Waals surface area contributed by atoms with Crippen molar-refractivity contribution in [3.05, 3.63) is 59.7 Å². The lowest BCUT2D eigenvalue weighted by Gasteiger charge is -2.33. The summed E-state index contributed by atoms with van der Waals surface area (Å²) >= 11 is 0. The van der Waals surface area contributed by atoms with E-state index in [1.165, 1.54) is 12.1 Å². The molecule has 1 saturated heterocycles. The molecule has 0 aromatic heterocycles. The molecule has 0 aliphatic carbocycles. The number of rotatable bonds is 4. The summed E-state index contributed by atoms with van der Waals surface area (Å²) in [6.07, 6.45) is 1.28. The molecule has 2 aromatic carbocycles. The maximum Gasteiger partial charge on any atom is 0.131 e. The largest absolute Gasteiger partial charge is 0.393 e. The van der Waals surface area contributed by atoms with Gasteiger partial charge in [0.25, 0.3) is 0 Å². The first-order valence-electron chi connectivity index (χ1n) is 7.83. The lowest BCUT2D eigenvalue weighted by Crippen LogP contribution is -2.36. The van der Waals surface area contributed by atoms with Gasteiger partial charge in [-0.1, -0.05) is 18.2 Å². The van der Waals surface area contributed by atoms with Gasteiger partial charge in [-0.05, 0) is 31.0 Å². The summed E-state index contributed by atoms with van der Waals surface area (Å²) in [6.45, 7) is 1.88. The Hall–Kier alpha value is -2.14. The van der Waals surface area contributed by atoms with Gasteiger partial charge in [-0.15, -0.1) is 0 Å². The van der Waals surface area contributed by atoms with Crippen molar-refractivity contribution < 1.29 is 13.9 Å². The quantitative estimate of drug-likeness (QED) is 0.905. The summed E-state index contributed by atoms with van der Waals surface area (Å²) in [6, 6.07) is 11.5. The van der Waals surface area contributed by atoms with Gasteiger partial charge in [-0.2, -0.15) is 0 Å². The first kappa shape index (κ1) is 15.7. The van der Waals surface area contributed by atoms with Gasteiger partial charge in [-0.25, -0.2) is 8.78 Å². The number of aliphatic hydroxyl groups excluding tert-OH is 1. The van der Waals surface area contributed by atoms with Crippen LogP contribution in [0.25, 0.3) is 0 Å². The van der Waals surface area contributed by atoms with Crippen LogP contribution in [0.15, 0.2) is 42.5 Å². The summed E-state index contributed by atoms with van der Waals surface area (Å²) in [7, 11) is 0. The number of nitrogens with zero attached hydrogens (tertiary/aromatic N) is 1. The van der Waals surface area contributed by atoms with Gasteiger partial charge in [0.15, 0.2) is 0 Å². The monoisotopic (exact) mass is 318 g/mol. The Morgan fingerprint density at radius 3 is 2.57 bits per heavy atom. The molecular weight excluding hydrogens is 298 g/mol. The minimum absolute atomic E-state index is 0.223. The Balaban J connectivity index is 1.73. The average Bonchev–Trinajstić information content (AvgIpc) is 2.55. The SMILES string of the molecule is OC1CCN(c2ccccc2NCc2ccc(F)cc2F)CC1. The van der Waals surface area contributed by atoms with E-state index >= 15 is 0 Å². The van der Waals surface area contributed by atoms with Crippen LogP contribution in [0, 0.1) is 11.6 Å². The highest BCUT2D eigenvalue weighted by molar-refractivity contribution is 5.70. The lowest BCUT2D eigenvalue weighted by atomic mass is 10.1. The highest BCUT2D eigenvalue weighted by Crippen LogP contribution is 2.29. The molecular formula is C18H20F2N2O. The summed E-state index contributed by atoms with van der Waals surface area (Å²) < 4.78 is 26.7. The molecule has 0 radical (unpaired) electrons. The molecule has 0 unspecified atom stereocenters. The van der Waals surface area contributed by atoms with Crippen LogP contribution in [0.4, 0.5) is 20.2 Å². The fourth-order valence-corrected chi connectivity index (χ4v) is 2.86. The normalized spacial score (nSPS) is 15.7. The van der Waals surface area contributed by atoms with E-state index in [0.717, 1.165) is 43.4 Å². The van der Waals surface area contributed by atoms with Crippen molar-refractivity contribution in [3.63, 3.8) is 0 Å². The maximum absolute atomic E-state index is 13.7. The molecule has 1 heterocycles. The molecule has 23 heavy (non-hydrogen) atoms. The number of nitrogens with one attached hydrogen (secondary N) is 1. The molecule has 0 saturated carbocycles. The van der Waals surface area contributed by atoms with Crippen molar-refractivity contribution in [2.75, 3.05) is 23.3 Å². The second kappa shape index (κ2) is 6.96. The number of halogens is 2. The number of benzene rings is 2. The van der Waals surface area contributed by atoms with Crippen LogP contribution in [0.5, 0.6) is 0 Å². The second-order valence-electron chi connectivity index (χ2n) is 5.82. The average molecular weight is 318 g/mol. The number of anilines is 2. The first-order chi connectivity index (χ1) is 11.1. The van der Waals surface area contributed by atoms with Crippen molar-refractivity contribution in [2.24, 2.45) is 0 Å². The molecule has 2 aromatic rings. The Morgan fingerprint density at radius 2 is 1.83 bits per heavy atom. The van der Waals surface area contributed by atoms with Crippen LogP contribution >= 0.6 is 0 Å². The summed E-state index contributed by atoms with van der Waals surface area (Å²) in [4.78, 5) is 2.22. The van der Waals surface area contributed by atoms with Gasteiger partial charge in [0, 0.05) is 31.3 Å². The minimum Gasteiger partial charge on any atom is -0.393 e. The Kier molecular flexibility index (Phi) is 4.76. The molecule has 1 aliphatic rings. The summed E-state index contributed by atoms with van der Waals surface area (Å²) in [5, 5.41) is 12.9. The Bertz CT molecular complexity index is 670. The first-order valence-corrected chi connectivity index (χ1v) is 7.83. The third-order valence-electron chi connectivity index (χ3n) is 4.19. The molecule has 0 spiro atoms. The fourth-order valence-electron chi connectivity index (χ4n) is 2.86. The number of aliphatic hydroxyl groups is 1. The standard InChI is InChI=1S/C18H20F2N2O/c19-14-6-5-13(16(20)11-14)12-21-17-3-1-2-4-18(17)22-9-7-15(23)8-10-22/h1-6,11,15,21,23H,7-10,12H2. The van der Waals surface area contributed by atoms with E-state index in [4.69, 9.17) is 0 Å². The zero-order valence-corrected chi connectivity index (χ0v) is 12.8. The summed E-state index contributed by atoms with van der Waals surface area (Å²) in [5.41, 5.74) is 2.38. The molecule has 3 rings (SSSR count). The van der Waals surface area contributed by atoms with Gasteiger partial charge >= 0.3 is 0 Å². The number of para-hydroxylation sites is 2. The zero-order chi connectivity index (χ0) is 16.2. The summed E-state index contributed by atoms with van der Waals surface area (Å²) in [5.74, 6) is -1.12. The van der Waals surface area contributed by atoms with Crippen molar-refractivity contribution in [2.45, 2.75) is 25.5 Å². The topological polar surface area (TPSA) is 35.5 Å². The van der Waals surface area contributed by atoms with Crippen molar-refractivity contribution >= 4 is 11.4 Å². The van der Waals surface area contributed by atoms with Crippen LogP contribution < -0.4 is 10.2 Å².